The van der Waals surface area contributed by atoms with Crippen molar-refractivity contribution in [1.82, 2.24) is 0 Å². The Bertz CT molecular complexity index is 302. The SMILES string of the molecule is COc1ccc(N)c(N(C)CCO)c1. The summed E-state index contributed by atoms with van der Waals surface area (Å²) >= 11 is 0. The Balaban J connectivity index is 2.93. The number of methoxy groups -OCH3 is 1. The largest absolute Gasteiger partial charge is 0.497 e. The number of aliphatic hydroxyl groups excluding tert-OH is 1. The van der Waals surface area contributed by atoms with E-state index in [-0.39, 0.29) is 6.61 Å². The van der Waals surface area contributed by atoms with E-state index in [2.05, 4.69) is 0 Å². The van der Waals surface area contributed by atoms with Crippen LogP contribution >= 0.6 is 0 Å². The molecule has 0 atom stereocenters. The zero-order chi connectivity index (χ0) is 10.6. The van der Waals surface area contributed by atoms with Crippen LogP contribution in [0.3, 0.4) is 0 Å². The van der Waals surface area contributed by atoms with Crippen molar-refractivity contribution in [1.29, 1.82) is 0 Å². The van der Waals surface area contributed by atoms with E-state index in [1.165, 1.54) is 0 Å². The molecule has 0 bridgehead atoms. The Morgan fingerprint density at radius 3 is 2.79 bits per heavy atom. The molecule has 0 spiro atoms. The van der Waals surface area contributed by atoms with E-state index in [0.717, 1.165) is 11.4 Å². The molecule has 3 N–H and O–H groups in total. The van der Waals surface area contributed by atoms with Gasteiger partial charge in [0.15, 0.2) is 0 Å². The number of nitrogens with zero attached hydrogens (tertiary/aromatic N) is 1. The third-order valence-electron chi connectivity index (χ3n) is 2.08. The highest BCUT2D eigenvalue weighted by molar-refractivity contribution is 5.69. The molecule has 0 radical (unpaired) electrons. The molecule has 4 heteroatoms. The Kier molecular flexibility index (Phi) is 3.59. The fourth-order valence-corrected chi connectivity index (χ4v) is 1.25. The number of benzene rings is 1. The molecule has 0 saturated carbocycles. The average molecular weight is 196 g/mol. The van der Waals surface area contributed by atoms with Crippen molar-refractivity contribution in [2.75, 3.05) is 37.9 Å². The minimum atomic E-state index is 0.104. The summed E-state index contributed by atoms with van der Waals surface area (Å²) in [5.74, 6) is 0.763. The summed E-state index contributed by atoms with van der Waals surface area (Å²) in [5.41, 5.74) is 7.35. The summed E-state index contributed by atoms with van der Waals surface area (Å²) in [7, 11) is 3.49. The minimum absolute atomic E-state index is 0.104. The van der Waals surface area contributed by atoms with Crippen LogP contribution in [0.25, 0.3) is 0 Å². The second-order valence-corrected chi connectivity index (χ2v) is 3.07. The Hall–Kier alpha value is -1.42. The number of hydrogen-bond donors (Lipinski definition) is 2. The molecule has 0 aliphatic heterocycles. The van der Waals surface area contributed by atoms with Crippen molar-refractivity contribution in [2.45, 2.75) is 0 Å². The predicted molar refractivity (Wildman–Crippen MR) is 57.8 cm³/mol. The number of hydrogen-bond acceptors (Lipinski definition) is 4. The Labute approximate surface area is 83.9 Å². The number of anilines is 2. The highest BCUT2D eigenvalue weighted by Gasteiger charge is 2.05. The molecule has 0 heterocycles. The first-order chi connectivity index (χ1) is 6.69. The molecule has 0 aliphatic rings. The topological polar surface area (TPSA) is 58.7 Å². The lowest BCUT2D eigenvalue weighted by Crippen LogP contribution is -2.22. The summed E-state index contributed by atoms with van der Waals surface area (Å²) in [6.45, 7) is 0.657. The minimum Gasteiger partial charge on any atom is -0.497 e. The van der Waals surface area contributed by atoms with Gasteiger partial charge in [0.25, 0.3) is 0 Å². The van der Waals surface area contributed by atoms with Crippen LogP contribution in [-0.2, 0) is 0 Å². The molecule has 0 aromatic heterocycles. The standard InChI is InChI=1S/C10H16N2O2/c1-12(5-6-13)10-7-8(14-2)3-4-9(10)11/h3-4,7,13H,5-6,11H2,1-2H3. The van der Waals surface area contributed by atoms with Crippen LogP contribution in [0.2, 0.25) is 0 Å². The maximum Gasteiger partial charge on any atom is 0.121 e. The fraction of sp³-hybridized carbons (Fsp3) is 0.400. The Morgan fingerprint density at radius 2 is 2.21 bits per heavy atom. The van der Waals surface area contributed by atoms with Crippen molar-refractivity contribution in [3.8, 4) is 5.75 Å². The van der Waals surface area contributed by atoms with Crippen LogP contribution in [0.5, 0.6) is 5.75 Å². The van der Waals surface area contributed by atoms with Gasteiger partial charge in [-0.3, -0.25) is 0 Å². The number of aliphatic hydroxyl groups is 1. The zero-order valence-corrected chi connectivity index (χ0v) is 8.53. The fourth-order valence-electron chi connectivity index (χ4n) is 1.25. The van der Waals surface area contributed by atoms with Gasteiger partial charge < -0.3 is 20.5 Å². The summed E-state index contributed by atoms with van der Waals surface area (Å²) in [6.07, 6.45) is 0. The maximum atomic E-state index is 8.80. The van der Waals surface area contributed by atoms with Crippen molar-refractivity contribution < 1.29 is 9.84 Å². The Morgan fingerprint density at radius 1 is 1.50 bits per heavy atom. The van der Waals surface area contributed by atoms with Gasteiger partial charge in [-0.05, 0) is 12.1 Å². The first kappa shape index (κ1) is 10.7. The van der Waals surface area contributed by atoms with Crippen molar-refractivity contribution in [2.24, 2.45) is 0 Å². The van der Waals surface area contributed by atoms with E-state index in [1.807, 2.05) is 24.1 Å². The molecule has 0 amide bonds. The smallest absolute Gasteiger partial charge is 0.121 e. The highest BCUT2D eigenvalue weighted by atomic mass is 16.5. The third kappa shape index (κ3) is 2.29. The quantitative estimate of drug-likeness (QED) is 0.696. The summed E-state index contributed by atoms with van der Waals surface area (Å²) in [6, 6.07) is 5.46. The lowest BCUT2D eigenvalue weighted by molar-refractivity contribution is 0.304. The van der Waals surface area contributed by atoms with Gasteiger partial charge in [-0.1, -0.05) is 0 Å². The molecule has 1 aromatic carbocycles. The van der Waals surface area contributed by atoms with E-state index in [4.69, 9.17) is 15.6 Å². The second-order valence-electron chi connectivity index (χ2n) is 3.07. The highest BCUT2D eigenvalue weighted by Crippen LogP contribution is 2.26. The molecular weight excluding hydrogens is 180 g/mol. The first-order valence-corrected chi connectivity index (χ1v) is 4.44. The second kappa shape index (κ2) is 4.72. The zero-order valence-electron chi connectivity index (χ0n) is 8.53. The van der Waals surface area contributed by atoms with Gasteiger partial charge in [0.1, 0.15) is 5.75 Å². The maximum absolute atomic E-state index is 8.80. The van der Waals surface area contributed by atoms with Crippen molar-refractivity contribution >= 4 is 11.4 Å². The lowest BCUT2D eigenvalue weighted by atomic mass is 10.2. The molecule has 1 aromatic rings. The molecule has 1 rings (SSSR count). The molecule has 0 fully saturated rings. The van der Waals surface area contributed by atoms with Crippen LogP contribution < -0.4 is 15.4 Å². The van der Waals surface area contributed by atoms with Gasteiger partial charge in [-0.15, -0.1) is 0 Å². The van der Waals surface area contributed by atoms with Gasteiger partial charge in [0.2, 0.25) is 0 Å². The van der Waals surface area contributed by atoms with E-state index in [9.17, 15) is 0 Å². The molecule has 0 saturated heterocycles. The number of ether oxygens (including phenoxy) is 1. The van der Waals surface area contributed by atoms with E-state index < -0.39 is 0 Å². The summed E-state index contributed by atoms with van der Waals surface area (Å²) < 4.78 is 5.09. The van der Waals surface area contributed by atoms with Crippen LogP contribution in [0, 0.1) is 0 Å². The summed E-state index contributed by atoms with van der Waals surface area (Å²) in [5, 5.41) is 8.80. The predicted octanol–water partition coefficient (Wildman–Crippen LogP) is 0.706. The van der Waals surface area contributed by atoms with E-state index in [1.54, 1.807) is 13.2 Å². The van der Waals surface area contributed by atoms with E-state index >= 15 is 0 Å². The summed E-state index contributed by atoms with van der Waals surface area (Å²) in [4.78, 5) is 1.89. The van der Waals surface area contributed by atoms with Crippen LogP contribution in [-0.4, -0.2) is 32.4 Å². The third-order valence-corrected chi connectivity index (χ3v) is 2.08. The molecule has 78 valence electrons. The molecule has 4 nitrogen and oxygen atoms in total. The number of nitrogen functional groups attached to an aromatic ring is 1. The van der Waals surface area contributed by atoms with Crippen LogP contribution in [0.1, 0.15) is 0 Å². The van der Waals surface area contributed by atoms with Crippen LogP contribution in [0.15, 0.2) is 18.2 Å². The van der Waals surface area contributed by atoms with Crippen molar-refractivity contribution in [3.63, 3.8) is 0 Å². The van der Waals surface area contributed by atoms with Crippen molar-refractivity contribution in [3.05, 3.63) is 18.2 Å². The molecule has 14 heavy (non-hydrogen) atoms. The van der Waals surface area contributed by atoms with Gasteiger partial charge in [0.05, 0.1) is 25.1 Å². The van der Waals surface area contributed by atoms with E-state index in [0.29, 0.717) is 12.2 Å². The molecule has 0 unspecified atom stereocenters. The molecule has 0 aliphatic carbocycles. The first-order valence-electron chi connectivity index (χ1n) is 4.44. The monoisotopic (exact) mass is 196 g/mol. The number of likely N-dealkylation sites (N-methyl/N-ethyl adjacent to an activating group) is 1. The normalized spacial score (nSPS) is 9.93. The van der Waals surface area contributed by atoms with Gasteiger partial charge >= 0.3 is 0 Å². The van der Waals surface area contributed by atoms with Gasteiger partial charge in [-0.2, -0.15) is 0 Å². The van der Waals surface area contributed by atoms with Gasteiger partial charge in [-0.25, -0.2) is 0 Å². The number of rotatable bonds is 4. The lowest BCUT2D eigenvalue weighted by Gasteiger charge is -2.20. The van der Waals surface area contributed by atoms with Crippen LogP contribution in [0.4, 0.5) is 11.4 Å². The van der Waals surface area contributed by atoms with Gasteiger partial charge in [0, 0.05) is 19.7 Å². The number of nitrogens with two attached hydrogens (primary N) is 1. The average Bonchev–Trinajstić information content (AvgIpc) is 2.19. The molecular formula is C10H16N2O2.